The highest BCUT2D eigenvalue weighted by molar-refractivity contribution is 7.09. The predicted molar refractivity (Wildman–Crippen MR) is 175 cm³/mol. The number of amides is 2. The number of aliphatic hydroxyl groups is 1. The van der Waals surface area contributed by atoms with E-state index in [0.29, 0.717) is 35.9 Å². The first-order chi connectivity index (χ1) is 21.0. The van der Waals surface area contributed by atoms with E-state index in [2.05, 4.69) is 39.4 Å². The molecule has 11 heteroatoms. The van der Waals surface area contributed by atoms with Gasteiger partial charge < -0.3 is 25.5 Å². The Morgan fingerprint density at radius 2 is 1.70 bits per heavy atom. The summed E-state index contributed by atoms with van der Waals surface area (Å²) in [6.45, 7) is 6.65. The second kappa shape index (κ2) is 14.9. The number of carbonyl (C=O) groups excluding carboxylic acids is 2. The van der Waals surface area contributed by atoms with Crippen molar-refractivity contribution in [3.05, 3.63) is 99.1 Å². The molecule has 0 bridgehead atoms. The Morgan fingerprint density at radius 1 is 0.977 bits per heavy atom. The summed E-state index contributed by atoms with van der Waals surface area (Å²) in [5.74, 6) is 0.790. The molecule has 0 fully saturated rings. The van der Waals surface area contributed by atoms with Gasteiger partial charge in [0, 0.05) is 56.0 Å². The van der Waals surface area contributed by atoms with Gasteiger partial charge in [-0.2, -0.15) is 4.98 Å². The van der Waals surface area contributed by atoms with Crippen LogP contribution in [0.5, 0.6) is 0 Å². The summed E-state index contributed by atoms with van der Waals surface area (Å²) in [7, 11) is 5.34. The third kappa shape index (κ3) is 8.61. The van der Waals surface area contributed by atoms with E-state index in [0.717, 1.165) is 22.0 Å². The number of anilines is 2. The minimum Gasteiger partial charge on any atom is -0.389 e. The Bertz CT molecular complexity index is 1560. The smallest absolute Gasteiger partial charge is 0.253 e. The van der Waals surface area contributed by atoms with Gasteiger partial charge in [0.2, 0.25) is 5.95 Å². The van der Waals surface area contributed by atoms with Crippen LogP contribution >= 0.6 is 11.3 Å². The maximum atomic E-state index is 13.5. The third-order valence-corrected chi connectivity index (χ3v) is 8.19. The molecule has 0 spiro atoms. The van der Waals surface area contributed by atoms with Crippen LogP contribution in [0, 0.1) is 6.92 Å². The number of aliphatic hydroxyl groups excluding tert-OH is 1. The molecule has 44 heavy (non-hydrogen) atoms. The Kier molecular flexibility index (Phi) is 11.0. The maximum absolute atomic E-state index is 13.5. The van der Waals surface area contributed by atoms with Crippen LogP contribution in [0.25, 0.3) is 0 Å². The number of nitrogens with zero attached hydrogens (tertiary/aromatic N) is 5. The predicted octanol–water partition coefficient (Wildman–Crippen LogP) is 4.52. The van der Waals surface area contributed by atoms with Crippen LogP contribution in [0.1, 0.15) is 62.4 Å². The Hall–Kier alpha value is -4.35. The van der Waals surface area contributed by atoms with Crippen molar-refractivity contribution < 1.29 is 14.7 Å². The first kappa shape index (κ1) is 32.6. The van der Waals surface area contributed by atoms with E-state index in [4.69, 9.17) is 0 Å². The molecule has 4 aromatic rings. The molecular formula is C33H41N7O3S. The molecule has 2 aromatic heterocycles. The van der Waals surface area contributed by atoms with Gasteiger partial charge in [0.1, 0.15) is 10.8 Å². The highest BCUT2D eigenvalue weighted by Crippen LogP contribution is 2.21. The number of likely N-dealkylation sites (N-methyl/N-ethyl adjacent to an activating group) is 1. The molecule has 3 N–H and O–H groups in total. The fraction of sp³-hybridized carbons (Fsp3) is 0.364. The molecule has 0 aliphatic rings. The molecule has 0 aliphatic heterocycles. The summed E-state index contributed by atoms with van der Waals surface area (Å²) < 4.78 is 0. The molecule has 4 rings (SSSR count). The molecule has 0 radical (unpaired) electrons. The van der Waals surface area contributed by atoms with Gasteiger partial charge in [-0.25, -0.2) is 9.97 Å². The molecule has 232 valence electrons. The first-order valence-corrected chi connectivity index (χ1v) is 15.5. The number of aromatic nitrogens is 3. The van der Waals surface area contributed by atoms with Crippen LogP contribution in [0.3, 0.4) is 0 Å². The first-order valence-electron chi connectivity index (χ1n) is 14.6. The average molecular weight is 616 g/mol. The number of thiazole rings is 1. The molecule has 0 unspecified atom stereocenters. The third-order valence-electron chi connectivity index (χ3n) is 7.24. The average Bonchev–Trinajstić information content (AvgIpc) is 3.44. The number of nitrogens with one attached hydrogen (secondary N) is 2. The highest BCUT2D eigenvalue weighted by atomic mass is 32.1. The van der Waals surface area contributed by atoms with E-state index in [1.807, 2.05) is 60.6 Å². The zero-order valence-corrected chi connectivity index (χ0v) is 26.9. The molecule has 2 amide bonds. The van der Waals surface area contributed by atoms with Crippen molar-refractivity contribution in [2.24, 2.45) is 0 Å². The van der Waals surface area contributed by atoms with Crippen LogP contribution in [-0.4, -0.2) is 76.6 Å². The summed E-state index contributed by atoms with van der Waals surface area (Å²) >= 11 is 1.51. The Balaban J connectivity index is 1.51. The number of rotatable bonds is 13. The molecule has 0 saturated carbocycles. The van der Waals surface area contributed by atoms with Crippen molar-refractivity contribution in [2.45, 2.75) is 51.8 Å². The summed E-state index contributed by atoms with van der Waals surface area (Å²) in [4.78, 5) is 43.7. The lowest BCUT2D eigenvalue weighted by atomic mass is 10.00. The summed E-state index contributed by atoms with van der Waals surface area (Å²) in [6.07, 6.45) is -0.517. The van der Waals surface area contributed by atoms with Crippen molar-refractivity contribution in [1.82, 2.24) is 25.2 Å². The SMILES string of the molecule is CNc1nc(C(C)C)cc(N(C)C[C@@H](O)[C@H](Cc2ccccc2)NC(=O)c2cccc(C(=O)N(C)Cc3nc(C)cs3)c2)n1. The van der Waals surface area contributed by atoms with Crippen LogP contribution in [0.2, 0.25) is 0 Å². The molecule has 2 aromatic carbocycles. The van der Waals surface area contributed by atoms with Gasteiger partial charge in [-0.3, -0.25) is 9.59 Å². The summed E-state index contributed by atoms with van der Waals surface area (Å²) in [5.41, 5.74) is 3.52. The monoisotopic (exact) mass is 615 g/mol. The number of aryl methyl sites for hydroxylation is 1. The maximum Gasteiger partial charge on any atom is 0.253 e. The minimum atomic E-state index is -0.933. The van der Waals surface area contributed by atoms with Gasteiger partial charge >= 0.3 is 0 Å². The van der Waals surface area contributed by atoms with Gasteiger partial charge in [0.15, 0.2) is 0 Å². The number of hydrogen-bond donors (Lipinski definition) is 3. The molecule has 0 aliphatic carbocycles. The van der Waals surface area contributed by atoms with Crippen LogP contribution < -0.4 is 15.5 Å². The molecule has 10 nitrogen and oxygen atoms in total. The van der Waals surface area contributed by atoms with Gasteiger partial charge in [-0.05, 0) is 43.0 Å². The second-order valence-electron chi connectivity index (χ2n) is 11.2. The van der Waals surface area contributed by atoms with Gasteiger partial charge in [0.25, 0.3) is 11.8 Å². The molecule has 2 heterocycles. The zero-order chi connectivity index (χ0) is 31.8. The van der Waals surface area contributed by atoms with Gasteiger partial charge in [-0.15, -0.1) is 11.3 Å². The fourth-order valence-corrected chi connectivity index (χ4v) is 5.55. The van der Waals surface area contributed by atoms with E-state index in [-0.39, 0.29) is 24.3 Å². The lowest BCUT2D eigenvalue weighted by Gasteiger charge is -2.29. The van der Waals surface area contributed by atoms with Crippen molar-refractivity contribution in [3.63, 3.8) is 0 Å². The van der Waals surface area contributed by atoms with Crippen molar-refractivity contribution in [2.75, 3.05) is 37.9 Å². The quantitative estimate of drug-likeness (QED) is 0.201. The molecular weight excluding hydrogens is 574 g/mol. The van der Waals surface area contributed by atoms with Crippen LogP contribution in [0.15, 0.2) is 66.0 Å². The lowest BCUT2D eigenvalue weighted by molar-refractivity contribution is 0.0784. The van der Waals surface area contributed by atoms with Crippen LogP contribution in [-0.2, 0) is 13.0 Å². The van der Waals surface area contributed by atoms with Crippen LogP contribution in [0.4, 0.5) is 11.8 Å². The van der Waals surface area contributed by atoms with E-state index in [1.54, 1.807) is 43.3 Å². The second-order valence-corrected chi connectivity index (χ2v) is 12.2. The topological polar surface area (TPSA) is 124 Å². The summed E-state index contributed by atoms with van der Waals surface area (Å²) in [5, 5.41) is 20.3. The largest absolute Gasteiger partial charge is 0.389 e. The molecule has 0 saturated heterocycles. The van der Waals surface area contributed by atoms with Gasteiger partial charge in [0.05, 0.1) is 24.4 Å². The number of benzene rings is 2. The minimum absolute atomic E-state index is 0.200. The van der Waals surface area contributed by atoms with E-state index >= 15 is 0 Å². The van der Waals surface area contributed by atoms with E-state index < -0.39 is 12.1 Å². The normalized spacial score (nSPS) is 12.5. The number of carbonyl (C=O) groups is 2. The van der Waals surface area contributed by atoms with Crippen molar-refractivity contribution >= 4 is 34.9 Å². The number of hydrogen-bond acceptors (Lipinski definition) is 9. The zero-order valence-electron chi connectivity index (χ0n) is 26.1. The van der Waals surface area contributed by atoms with Gasteiger partial charge in [-0.1, -0.05) is 50.2 Å². The van der Waals surface area contributed by atoms with E-state index in [9.17, 15) is 14.7 Å². The Labute approximate surface area is 263 Å². The highest BCUT2D eigenvalue weighted by Gasteiger charge is 2.25. The molecule has 2 atom stereocenters. The fourth-order valence-electron chi connectivity index (χ4n) is 4.72. The van der Waals surface area contributed by atoms with Crippen molar-refractivity contribution in [1.29, 1.82) is 0 Å². The standard InChI is InChI=1S/C33H41N7O3S/c1-21(2)26-17-29(38-33(34-4)37-26)39(5)18-28(41)27(15-23-11-8-7-9-12-23)36-31(42)24-13-10-14-25(16-24)32(43)40(6)19-30-35-22(3)20-44-30/h7-14,16-17,20-21,27-28,41H,15,18-19H2,1-6H3,(H,36,42)(H,34,37,38)/t27-,28+/m0/s1. The van der Waals surface area contributed by atoms with Crippen molar-refractivity contribution in [3.8, 4) is 0 Å². The lowest BCUT2D eigenvalue weighted by Crippen LogP contribution is -2.49. The van der Waals surface area contributed by atoms with E-state index in [1.165, 1.54) is 11.3 Å². The summed E-state index contributed by atoms with van der Waals surface area (Å²) in [6, 6.07) is 17.7. The Morgan fingerprint density at radius 3 is 2.36 bits per heavy atom.